The lowest BCUT2D eigenvalue weighted by molar-refractivity contribution is -0.508. The van der Waals surface area contributed by atoms with E-state index in [0.717, 1.165) is 5.70 Å². The van der Waals surface area contributed by atoms with Crippen LogP contribution in [0.15, 0.2) is 24.0 Å². The first kappa shape index (κ1) is 10.8. The molecular formula is C10H12N2O4. The number of hydrogen-bond acceptors (Lipinski definition) is 4. The van der Waals surface area contributed by atoms with Crippen LogP contribution in [0.4, 0.5) is 0 Å². The summed E-state index contributed by atoms with van der Waals surface area (Å²) in [6.07, 6.45) is 5.84. The molecule has 1 atom stereocenters. The Hall–Kier alpha value is -1.69. The molecule has 2 aliphatic heterocycles. The fraction of sp³-hybridized carbons (Fsp3) is 0.500. The highest BCUT2D eigenvalue weighted by atomic mass is 16.6. The third kappa shape index (κ3) is 1.96. The number of rotatable bonds is 2. The van der Waals surface area contributed by atoms with Crippen LogP contribution in [0.1, 0.15) is 12.8 Å². The minimum atomic E-state index is -1.14. The van der Waals surface area contributed by atoms with E-state index in [9.17, 15) is 14.9 Å². The van der Waals surface area contributed by atoms with Crippen molar-refractivity contribution in [3.05, 3.63) is 34.2 Å². The van der Waals surface area contributed by atoms with E-state index >= 15 is 0 Å². The largest absolute Gasteiger partial charge is 0.377 e. The van der Waals surface area contributed by atoms with E-state index in [1.54, 1.807) is 18.4 Å². The van der Waals surface area contributed by atoms with Crippen LogP contribution in [0.25, 0.3) is 0 Å². The van der Waals surface area contributed by atoms with E-state index in [4.69, 9.17) is 4.74 Å². The Balaban J connectivity index is 2.18. The lowest BCUT2D eigenvalue weighted by atomic mass is 10.1. The van der Waals surface area contributed by atoms with E-state index in [1.807, 2.05) is 0 Å². The van der Waals surface area contributed by atoms with Gasteiger partial charge in [0, 0.05) is 29.7 Å². The lowest BCUT2D eigenvalue weighted by Crippen LogP contribution is -2.42. The molecule has 0 N–H and O–H groups in total. The fourth-order valence-electron chi connectivity index (χ4n) is 1.78. The average molecular weight is 224 g/mol. The van der Waals surface area contributed by atoms with Gasteiger partial charge >= 0.3 is 5.91 Å². The van der Waals surface area contributed by atoms with Crippen LogP contribution >= 0.6 is 0 Å². The van der Waals surface area contributed by atoms with Gasteiger partial charge in [0.1, 0.15) is 0 Å². The summed E-state index contributed by atoms with van der Waals surface area (Å²) < 4.78 is 5.13. The summed E-state index contributed by atoms with van der Waals surface area (Å²) in [6, 6.07) is -1.14. The normalized spacial score (nSPS) is 25.5. The molecule has 0 radical (unpaired) electrons. The fourth-order valence-corrected chi connectivity index (χ4v) is 1.78. The standard InChI is InChI=1S/C10H12N2O4/c13-10-9(12(14)15)2-1-5-11(10)8-3-6-16-7-4-8/h1,3,5,9H,2,4,6-7H2. The summed E-state index contributed by atoms with van der Waals surface area (Å²) in [4.78, 5) is 23.3. The number of carbonyl (C=O) groups is 1. The number of carbonyl (C=O) groups excluding carboxylic acids is 1. The minimum absolute atomic E-state index is 0.173. The highest BCUT2D eigenvalue weighted by Gasteiger charge is 2.36. The van der Waals surface area contributed by atoms with Crippen molar-refractivity contribution in [2.75, 3.05) is 13.2 Å². The van der Waals surface area contributed by atoms with Gasteiger partial charge in [0.25, 0.3) is 6.04 Å². The maximum atomic E-state index is 11.8. The predicted octanol–water partition coefficient (Wildman–Crippen LogP) is 0.682. The van der Waals surface area contributed by atoms with Crippen LogP contribution in [-0.2, 0) is 9.53 Å². The third-order valence-corrected chi connectivity index (χ3v) is 2.64. The third-order valence-electron chi connectivity index (χ3n) is 2.64. The van der Waals surface area contributed by atoms with Crippen molar-refractivity contribution in [1.29, 1.82) is 0 Å². The van der Waals surface area contributed by atoms with Crippen LogP contribution in [0.5, 0.6) is 0 Å². The van der Waals surface area contributed by atoms with Gasteiger partial charge in [0.05, 0.1) is 13.2 Å². The predicted molar refractivity (Wildman–Crippen MR) is 54.9 cm³/mol. The van der Waals surface area contributed by atoms with Gasteiger partial charge < -0.3 is 4.74 Å². The highest BCUT2D eigenvalue weighted by Crippen LogP contribution is 2.20. The van der Waals surface area contributed by atoms with Crippen LogP contribution < -0.4 is 0 Å². The molecule has 0 aromatic rings. The Kier molecular flexibility index (Phi) is 3.00. The van der Waals surface area contributed by atoms with Gasteiger partial charge in [-0.15, -0.1) is 0 Å². The molecule has 0 bridgehead atoms. The first-order valence-corrected chi connectivity index (χ1v) is 5.10. The van der Waals surface area contributed by atoms with Gasteiger partial charge in [-0.2, -0.15) is 0 Å². The van der Waals surface area contributed by atoms with Gasteiger partial charge in [-0.05, 0) is 6.08 Å². The number of ether oxygens (including phenoxy) is 1. The molecule has 0 aromatic carbocycles. The summed E-state index contributed by atoms with van der Waals surface area (Å²) in [5, 5.41) is 10.7. The molecule has 0 aliphatic carbocycles. The van der Waals surface area contributed by atoms with Crippen molar-refractivity contribution < 1.29 is 14.5 Å². The molecule has 6 nitrogen and oxygen atoms in total. The van der Waals surface area contributed by atoms with E-state index in [0.29, 0.717) is 19.6 Å². The van der Waals surface area contributed by atoms with Gasteiger partial charge in [0.2, 0.25) is 0 Å². The first-order chi connectivity index (χ1) is 7.70. The van der Waals surface area contributed by atoms with Crippen molar-refractivity contribution in [3.63, 3.8) is 0 Å². The van der Waals surface area contributed by atoms with Gasteiger partial charge in [0.15, 0.2) is 0 Å². The Morgan fingerprint density at radius 1 is 1.56 bits per heavy atom. The zero-order chi connectivity index (χ0) is 11.5. The highest BCUT2D eigenvalue weighted by molar-refractivity contribution is 5.84. The van der Waals surface area contributed by atoms with E-state index in [1.165, 1.54) is 4.90 Å². The molecule has 86 valence electrons. The zero-order valence-electron chi connectivity index (χ0n) is 8.67. The van der Waals surface area contributed by atoms with Crippen LogP contribution in [0, 0.1) is 10.1 Å². The quantitative estimate of drug-likeness (QED) is 0.510. The summed E-state index contributed by atoms with van der Waals surface area (Å²) >= 11 is 0. The van der Waals surface area contributed by atoms with Gasteiger partial charge in [-0.25, -0.2) is 0 Å². The summed E-state index contributed by atoms with van der Waals surface area (Å²) in [5.74, 6) is -0.458. The molecule has 2 aliphatic rings. The minimum Gasteiger partial charge on any atom is -0.377 e. The molecule has 6 heteroatoms. The Morgan fingerprint density at radius 3 is 3.00 bits per heavy atom. The van der Waals surface area contributed by atoms with Crippen molar-refractivity contribution >= 4 is 5.91 Å². The van der Waals surface area contributed by atoms with Gasteiger partial charge in [-0.3, -0.25) is 19.8 Å². The smallest absolute Gasteiger partial charge is 0.305 e. The van der Waals surface area contributed by atoms with E-state index < -0.39 is 16.9 Å². The number of nitrogens with zero attached hydrogens (tertiary/aromatic N) is 2. The van der Waals surface area contributed by atoms with Crippen molar-refractivity contribution in [3.8, 4) is 0 Å². The van der Waals surface area contributed by atoms with Crippen molar-refractivity contribution in [1.82, 2.24) is 4.90 Å². The summed E-state index contributed by atoms with van der Waals surface area (Å²) in [5.41, 5.74) is 0.791. The molecule has 2 rings (SSSR count). The number of hydrogen-bond donors (Lipinski definition) is 0. The molecule has 0 spiro atoms. The molecule has 2 heterocycles. The van der Waals surface area contributed by atoms with Crippen LogP contribution in [0.3, 0.4) is 0 Å². The van der Waals surface area contributed by atoms with Crippen molar-refractivity contribution in [2.24, 2.45) is 0 Å². The second-order valence-corrected chi connectivity index (χ2v) is 3.65. The maximum absolute atomic E-state index is 11.8. The topological polar surface area (TPSA) is 72.7 Å². The van der Waals surface area contributed by atoms with E-state index in [-0.39, 0.29) is 6.42 Å². The molecule has 0 saturated carbocycles. The van der Waals surface area contributed by atoms with Crippen LogP contribution in [-0.4, -0.2) is 35.0 Å². The van der Waals surface area contributed by atoms with Crippen LogP contribution in [0.2, 0.25) is 0 Å². The Labute approximate surface area is 92.3 Å². The second-order valence-electron chi connectivity index (χ2n) is 3.65. The summed E-state index contributed by atoms with van der Waals surface area (Å²) in [7, 11) is 0. The molecule has 16 heavy (non-hydrogen) atoms. The molecular weight excluding hydrogens is 212 g/mol. The number of amides is 1. The lowest BCUT2D eigenvalue weighted by Gasteiger charge is -2.27. The Bertz CT molecular complexity index is 375. The molecule has 0 aromatic heterocycles. The van der Waals surface area contributed by atoms with E-state index in [2.05, 4.69) is 0 Å². The molecule has 1 unspecified atom stereocenters. The maximum Gasteiger partial charge on any atom is 0.305 e. The zero-order valence-corrected chi connectivity index (χ0v) is 8.67. The molecule has 0 fully saturated rings. The number of nitro groups is 1. The Morgan fingerprint density at radius 2 is 2.38 bits per heavy atom. The monoisotopic (exact) mass is 224 g/mol. The van der Waals surface area contributed by atoms with Gasteiger partial charge in [-0.1, -0.05) is 6.08 Å². The second kappa shape index (κ2) is 4.44. The SMILES string of the molecule is O=C1C([N+](=O)[O-])CC=CN1C1=CCOCC1. The summed E-state index contributed by atoms with van der Waals surface area (Å²) in [6.45, 7) is 1.00. The first-order valence-electron chi connectivity index (χ1n) is 5.10. The average Bonchev–Trinajstić information content (AvgIpc) is 2.30. The molecule has 1 amide bonds. The van der Waals surface area contributed by atoms with Crippen molar-refractivity contribution in [2.45, 2.75) is 18.9 Å². The molecule has 0 saturated heterocycles.